The largest absolute Gasteiger partial charge is 0.460 e. The number of fused-ring (bicyclic) bond motifs is 4. The number of halogens is 3. The number of nitrogens with zero attached hydrogens (tertiary/aromatic N) is 1. The molecule has 16 heteroatoms. The van der Waals surface area contributed by atoms with Gasteiger partial charge < -0.3 is 34.1 Å². The van der Waals surface area contributed by atoms with Gasteiger partial charge in [0.1, 0.15) is 35.4 Å². The van der Waals surface area contributed by atoms with Crippen molar-refractivity contribution < 1.29 is 66.0 Å². The van der Waals surface area contributed by atoms with Crippen LogP contribution >= 0.6 is 0 Å². The molecule has 1 amide bonds. The van der Waals surface area contributed by atoms with Gasteiger partial charge in [0.25, 0.3) is 0 Å². The van der Waals surface area contributed by atoms with Crippen molar-refractivity contribution in [3.63, 3.8) is 0 Å². The molecule has 4 aliphatic rings. The number of carbonyl (C=O) groups excluding carboxylic acids is 4. The quantitative estimate of drug-likeness (QED) is 0.0745. The second-order valence-electron chi connectivity index (χ2n) is 16.5. The number of hydrogen-bond acceptors (Lipinski definition) is 12. The average molecular weight is 811 g/mol. The SMILES string of the molecule is CCCCCC1(CCCCC)O[C@@H]2[C@H]3ON(Cc4cccc(C=CC(=O)OCC(F)(F)F)c4)[C@H]4C(=O)OC(CC34C(=O)N[C@H](CO)CCC(=O)OC(C)(C)C)[C@@H]2O1. The smallest absolute Gasteiger partial charge is 0.422 e. The lowest BCUT2D eigenvalue weighted by molar-refractivity contribution is -0.224. The minimum Gasteiger partial charge on any atom is -0.460 e. The highest BCUT2D eigenvalue weighted by Gasteiger charge is 2.76. The monoisotopic (exact) mass is 810 g/mol. The highest BCUT2D eigenvalue weighted by atomic mass is 19.4. The molecule has 4 fully saturated rings. The van der Waals surface area contributed by atoms with Gasteiger partial charge in [0, 0.05) is 31.8 Å². The van der Waals surface area contributed by atoms with Crippen LogP contribution < -0.4 is 5.32 Å². The molecule has 7 atom stereocenters. The lowest BCUT2D eigenvalue weighted by atomic mass is 9.62. The van der Waals surface area contributed by atoms with E-state index in [4.69, 9.17) is 23.8 Å². The maximum Gasteiger partial charge on any atom is 0.422 e. The van der Waals surface area contributed by atoms with Gasteiger partial charge in [0.05, 0.1) is 19.2 Å². The number of rotatable bonds is 19. The topological polar surface area (TPSA) is 159 Å². The van der Waals surface area contributed by atoms with Crippen LogP contribution in [0.3, 0.4) is 0 Å². The highest BCUT2D eigenvalue weighted by molar-refractivity contribution is 5.94. The summed E-state index contributed by atoms with van der Waals surface area (Å²) in [5.74, 6) is -3.89. The molecule has 1 aromatic carbocycles. The van der Waals surface area contributed by atoms with Crippen LogP contribution in [0.1, 0.15) is 116 Å². The van der Waals surface area contributed by atoms with Crippen molar-refractivity contribution in [2.75, 3.05) is 13.2 Å². The second-order valence-corrected chi connectivity index (χ2v) is 16.5. The highest BCUT2D eigenvalue weighted by Crippen LogP contribution is 2.58. The van der Waals surface area contributed by atoms with Gasteiger partial charge in [-0.05, 0) is 57.2 Å². The number of hydrogen-bond donors (Lipinski definition) is 2. The third-order valence-corrected chi connectivity index (χ3v) is 10.7. The number of aliphatic hydroxyl groups excluding tert-OH is 1. The third kappa shape index (κ3) is 10.9. The normalized spacial score (nSPS) is 27.2. The summed E-state index contributed by atoms with van der Waals surface area (Å²) < 4.78 is 67.0. The summed E-state index contributed by atoms with van der Waals surface area (Å²) in [6.45, 7) is 7.23. The van der Waals surface area contributed by atoms with Crippen molar-refractivity contribution in [1.82, 2.24) is 10.4 Å². The Kier molecular flexibility index (Phi) is 14.5. The van der Waals surface area contributed by atoms with Gasteiger partial charge in [-0.3, -0.25) is 19.2 Å². The molecule has 2 N–H and O–H groups in total. The summed E-state index contributed by atoms with van der Waals surface area (Å²) in [5, 5.41) is 14.7. The van der Waals surface area contributed by atoms with Gasteiger partial charge in [0.2, 0.25) is 5.91 Å². The van der Waals surface area contributed by atoms with Gasteiger partial charge in [-0.2, -0.15) is 18.2 Å². The van der Waals surface area contributed by atoms with E-state index >= 15 is 0 Å². The summed E-state index contributed by atoms with van der Waals surface area (Å²) >= 11 is 0. The zero-order chi connectivity index (χ0) is 41.6. The first-order valence-electron chi connectivity index (χ1n) is 20.1. The molecule has 1 aliphatic carbocycles. The summed E-state index contributed by atoms with van der Waals surface area (Å²) in [5.41, 5.74) is -1.22. The van der Waals surface area contributed by atoms with Gasteiger partial charge in [0.15, 0.2) is 18.4 Å². The van der Waals surface area contributed by atoms with E-state index in [0.717, 1.165) is 44.6 Å². The molecule has 0 radical (unpaired) electrons. The summed E-state index contributed by atoms with van der Waals surface area (Å²) in [4.78, 5) is 60.1. The van der Waals surface area contributed by atoms with Crippen LogP contribution in [-0.4, -0.2) is 101 Å². The molecular weight excluding hydrogens is 753 g/mol. The molecule has 2 unspecified atom stereocenters. The van der Waals surface area contributed by atoms with Crippen molar-refractivity contribution in [2.24, 2.45) is 5.41 Å². The molecule has 13 nitrogen and oxygen atoms in total. The number of unbranched alkanes of at least 4 members (excludes halogenated alkanes) is 4. The Morgan fingerprint density at radius 1 is 1.05 bits per heavy atom. The van der Waals surface area contributed by atoms with Crippen molar-refractivity contribution in [2.45, 2.75) is 166 Å². The molecule has 318 valence electrons. The van der Waals surface area contributed by atoms with Crippen LogP contribution in [0.25, 0.3) is 6.08 Å². The van der Waals surface area contributed by atoms with E-state index < -0.39 is 96.5 Å². The van der Waals surface area contributed by atoms with Crippen molar-refractivity contribution in [3.8, 4) is 0 Å². The van der Waals surface area contributed by atoms with Crippen molar-refractivity contribution in [1.29, 1.82) is 0 Å². The summed E-state index contributed by atoms with van der Waals surface area (Å²) in [6, 6.07) is 4.59. The van der Waals surface area contributed by atoms with E-state index in [1.807, 2.05) is 0 Å². The first-order valence-corrected chi connectivity index (χ1v) is 20.1. The van der Waals surface area contributed by atoms with E-state index in [1.165, 1.54) is 11.1 Å². The number of carbonyl (C=O) groups is 4. The van der Waals surface area contributed by atoms with Crippen LogP contribution in [0.2, 0.25) is 0 Å². The van der Waals surface area contributed by atoms with Crippen molar-refractivity contribution in [3.05, 3.63) is 41.5 Å². The molecule has 1 aromatic rings. The molecule has 0 spiro atoms. The zero-order valence-electron chi connectivity index (χ0n) is 33.4. The zero-order valence-corrected chi connectivity index (χ0v) is 33.4. The van der Waals surface area contributed by atoms with Crippen LogP contribution in [0.15, 0.2) is 30.3 Å². The standard InChI is InChI=1S/C41H57F3N2O11/c1-6-8-10-19-39(20-11-9-7-2)55-32-29-22-40(37(51)45-28(24-47)16-18-31(49)54-38(3,4)5)34(36(50)53-29)46(57-35(40)33(32)56-39)23-27-14-12-13-26(21-27)15-17-30(48)52-25-41(42,43)44/h12-15,17,21,28-29,32-35,47H,6-11,16,18-20,22-25H2,1-5H3,(H,45,51)/t28-,29?,32-,33-,34-,35+,40?/m0/s1. The number of alkyl halides is 3. The Hall–Kier alpha value is -3.57. The Morgan fingerprint density at radius 3 is 2.37 bits per heavy atom. The number of aliphatic hydroxyl groups is 1. The Bertz CT molecular complexity index is 1600. The predicted molar refractivity (Wildman–Crippen MR) is 198 cm³/mol. The summed E-state index contributed by atoms with van der Waals surface area (Å²) in [7, 11) is 0. The van der Waals surface area contributed by atoms with E-state index in [1.54, 1.807) is 45.0 Å². The molecule has 1 saturated carbocycles. The Balaban J connectivity index is 1.45. The number of hydroxylamine groups is 2. The molecule has 3 saturated heterocycles. The number of benzene rings is 1. The van der Waals surface area contributed by atoms with E-state index in [0.29, 0.717) is 24.0 Å². The number of nitrogens with one attached hydrogen (secondary N) is 1. The Labute approximate surface area is 331 Å². The molecular formula is C41H57F3N2O11. The average Bonchev–Trinajstić information content (AvgIpc) is 3.69. The van der Waals surface area contributed by atoms with Crippen LogP contribution in [0.4, 0.5) is 13.2 Å². The second kappa shape index (κ2) is 18.6. The number of amides is 1. The van der Waals surface area contributed by atoms with E-state index in [-0.39, 0.29) is 25.8 Å². The summed E-state index contributed by atoms with van der Waals surface area (Å²) in [6.07, 6.45) is 1.05. The molecule has 2 bridgehead atoms. The molecule has 3 aliphatic heterocycles. The third-order valence-electron chi connectivity index (χ3n) is 10.7. The van der Waals surface area contributed by atoms with Crippen LogP contribution in [0, 0.1) is 5.41 Å². The van der Waals surface area contributed by atoms with Crippen LogP contribution in [-0.2, 0) is 54.2 Å². The predicted octanol–water partition coefficient (Wildman–Crippen LogP) is 5.85. The Morgan fingerprint density at radius 2 is 1.74 bits per heavy atom. The van der Waals surface area contributed by atoms with Gasteiger partial charge in [-0.1, -0.05) is 63.8 Å². The fourth-order valence-electron chi connectivity index (χ4n) is 8.25. The molecule has 0 aromatic heterocycles. The first-order chi connectivity index (χ1) is 26.9. The molecule has 57 heavy (non-hydrogen) atoms. The number of ether oxygens (including phenoxy) is 5. The van der Waals surface area contributed by atoms with Gasteiger partial charge >= 0.3 is 24.1 Å². The fraction of sp³-hybridized carbons (Fsp3) is 0.707. The van der Waals surface area contributed by atoms with Crippen molar-refractivity contribution >= 4 is 29.9 Å². The lowest BCUT2D eigenvalue weighted by Crippen LogP contribution is -2.70. The molecule has 5 rings (SSSR count). The fourth-order valence-corrected chi connectivity index (χ4v) is 8.25. The minimum atomic E-state index is -4.66. The lowest BCUT2D eigenvalue weighted by Gasteiger charge is -2.49. The first kappa shape index (κ1) is 44.5. The maximum atomic E-state index is 14.8. The van der Waals surface area contributed by atoms with Gasteiger partial charge in [-0.15, -0.1) is 0 Å². The minimum absolute atomic E-state index is 0.0331. The van der Waals surface area contributed by atoms with Crippen LogP contribution in [0.5, 0.6) is 0 Å². The molecule has 3 heterocycles. The van der Waals surface area contributed by atoms with Gasteiger partial charge in [-0.25, -0.2) is 4.79 Å². The number of esters is 3. The maximum absolute atomic E-state index is 14.8. The van der Waals surface area contributed by atoms with E-state index in [9.17, 15) is 37.5 Å². The van der Waals surface area contributed by atoms with E-state index in [2.05, 4.69) is 23.9 Å².